The van der Waals surface area contributed by atoms with E-state index in [2.05, 4.69) is 28.8 Å². The summed E-state index contributed by atoms with van der Waals surface area (Å²) in [5.41, 5.74) is 3.46. The van der Waals surface area contributed by atoms with Gasteiger partial charge in [-0.05, 0) is 33.2 Å². The van der Waals surface area contributed by atoms with E-state index >= 15 is 0 Å². The smallest absolute Gasteiger partial charge is 0.276 e. The highest BCUT2D eigenvalue weighted by atomic mass is 32.1. The topological polar surface area (TPSA) is 62.5 Å². The second-order valence-corrected chi connectivity index (χ2v) is 7.16. The minimum Gasteiger partial charge on any atom is -0.448 e. The fourth-order valence-corrected chi connectivity index (χ4v) is 3.91. The highest BCUT2D eigenvalue weighted by Crippen LogP contribution is 2.22. The number of hydrogen-bond donors (Lipinski definition) is 0. The summed E-state index contributed by atoms with van der Waals surface area (Å²) in [6.07, 6.45) is 2.37. The van der Waals surface area contributed by atoms with Gasteiger partial charge in [-0.25, -0.2) is 9.97 Å². The molecule has 6 nitrogen and oxygen atoms in total. The van der Waals surface area contributed by atoms with Crippen molar-refractivity contribution in [3.63, 3.8) is 0 Å². The Hall–Kier alpha value is -1.73. The maximum atomic E-state index is 12.4. The molecule has 0 unspecified atom stereocenters. The van der Waals surface area contributed by atoms with Gasteiger partial charge in [0.25, 0.3) is 5.91 Å². The molecule has 7 heteroatoms. The summed E-state index contributed by atoms with van der Waals surface area (Å²) in [6.45, 7) is 7.32. The van der Waals surface area contributed by atoms with Crippen LogP contribution in [0.5, 0.6) is 0 Å². The van der Waals surface area contributed by atoms with Gasteiger partial charge in [-0.2, -0.15) is 0 Å². The standard InChI is InChI=1S/C16H22N4O2S/c1-11-14(23-10-18-11)8-19(3)6-13-4-5-20(7-13)16(21)15-12(2)22-9-17-15/h9-10,13H,4-8H2,1-3H3/t13-/m1/s1. The molecule has 1 fully saturated rings. The zero-order chi connectivity index (χ0) is 16.4. The first kappa shape index (κ1) is 16.1. The second-order valence-electron chi connectivity index (χ2n) is 6.22. The fourth-order valence-electron chi connectivity index (χ4n) is 3.06. The average Bonchev–Trinajstić information content (AvgIpc) is 3.22. The van der Waals surface area contributed by atoms with Crippen LogP contribution in [0.1, 0.15) is 33.2 Å². The molecule has 0 N–H and O–H groups in total. The molecule has 0 spiro atoms. The highest BCUT2D eigenvalue weighted by molar-refractivity contribution is 7.09. The van der Waals surface area contributed by atoms with Crippen LogP contribution < -0.4 is 0 Å². The maximum absolute atomic E-state index is 12.4. The summed E-state index contributed by atoms with van der Waals surface area (Å²) in [5.74, 6) is 1.08. The molecule has 0 saturated carbocycles. The summed E-state index contributed by atoms with van der Waals surface area (Å²) in [4.78, 5) is 26.3. The van der Waals surface area contributed by atoms with Crippen molar-refractivity contribution in [1.82, 2.24) is 19.8 Å². The summed E-state index contributed by atoms with van der Waals surface area (Å²) in [7, 11) is 2.13. The number of likely N-dealkylation sites (tertiary alicyclic amines) is 1. The first-order valence-corrected chi connectivity index (χ1v) is 8.69. The van der Waals surface area contributed by atoms with Crippen LogP contribution in [0.4, 0.5) is 0 Å². The third-order valence-corrected chi connectivity index (χ3v) is 5.27. The van der Waals surface area contributed by atoms with Gasteiger partial charge in [-0.15, -0.1) is 11.3 Å². The zero-order valence-corrected chi connectivity index (χ0v) is 14.6. The van der Waals surface area contributed by atoms with Gasteiger partial charge in [-0.3, -0.25) is 4.79 Å². The SMILES string of the molecule is Cc1ncsc1CN(C)C[C@H]1CCN(C(=O)c2ncoc2C)C1. The van der Waals surface area contributed by atoms with Crippen LogP contribution in [0.25, 0.3) is 0 Å². The summed E-state index contributed by atoms with van der Waals surface area (Å²) in [5, 5.41) is 0. The fraction of sp³-hybridized carbons (Fsp3) is 0.562. The highest BCUT2D eigenvalue weighted by Gasteiger charge is 2.29. The Balaban J connectivity index is 1.53. The van der Waals surface area contributed by atoms with Gasteiger partial charge < -0.3 is 14.2 Å². The molecule has 0 aromatic carbocycles. The predicted molar refractivity (Wildman–Crippen MR) is 88.4 cm³/mol. The number of carbonyl (C=O) groups excluding carboxylic acids is 1. The summed E-state index contributed by atoms with van der Waals surface area (Å²) < 4.78 is 5.13. The number of aromatic nitrogens is 2. The number of thiazole rings is 1. The third kappa shape index (κ3) is 3.61. The molecule has 0 radical (unpaired) electrons. The van der Waals surface area contributed by atoms with E-state index < -0.39 is 0 Å². The van der Waals surface area contributed by atoms with E-state index in [0.717, 1.165) is 38.3 Å². The number of aryl methyl sites for hydroxylation is 2. The van der Waals surface area contributed by atoms with Crippen molar-refractivity contribution >= 4 is 17.2 Å². The van der Waals surface area contributed by atoms with Crippen molar-refractivity contribution < 1.29 is 9.21 Å². The van der Waals surface area contributed by atoms with Crippen LogP contribution in [-0.4, -0.2) is 52.4 Å². The molecular weight excluding hydrogens is 312 g/mol. The van der Waals surface area contributed by atoms with Crippen molar-refractivity contribution in [2.45, 2.75) is 26.8 Å². The molecule has 2 aromatic heterocycles. The number of carbonyl (C=O) groups is 1. The molecule has 1 aliphatic rings. The Morgan fingerprint density at radius 2 is 2.30 bits per heavy atom. The molecule has 3 heterocycles. The second kappa shape index (κ2) is 6.80. The van der Waals surface area contributed by atoms with Crippen molar-refractivity contribution in [3.05, 3.63) is 33.9 Å². The van der Waals surface area contributed by atoms with Crippen LogP contribution in [0.15, 0.2) is 16.3 Å². The zero-order valence-electron chi connectivity index (χ0n) is 13.8. The Labute approximate surface area is 140 Å². The van der Waals surface area contributed by atoms with Crippen molar-refractivity contribution in [1.29, 1.82) is 0 Å². The summed E-state index contributed by atoms with van der Waals surface area (Å²) >= 11 is 1.71. The van der Waals surface area contributed by atoms with Gasteiger partial charge in [0.1, 0.15) is 5.76 Å². The molecule has 1 amide bonds. The number of amides is 1. The van der Waals surface area contributed by atoms with Crippen LogP contribution in [0.3, 0.4) is 0 Å². The van der Waals surface area contributed by atoms with E-state index in [0.29, 0.717) is 17.4 Å². The van der Waals surface area contributed by atoms with E-state index in [1.165, 1.54) is 11.3 Å². The van der Waals surface area contributed by atoms with Crippen LogP contribution in [0, 0.1) is 19.8 Å². The third-order valence-electron chi connectivity index (χ3n) is 4.35. The maximum Gasteiger partial charge on any atom is 0.276 e. The lowest BCUT2D eigenvalue weighted by atomic mass is 10.1. The lowest BCUT2D eigenvalue weighted by molar-refractivity contribution is 0.0777. The number of nitrogens with zero attached hydrogens (tertiary/aromatic N) is 4. The lowest BCUT2D eigenvalue weighted by Gasteiger charge is -2.21. The average molecular weight is 334 g/mol. The molecule has 1 aliphatic heterocycles. The van der Waals surface area contributed by atoms with Gasteiger partial charge >= 0.3 is 0 Å². The monoisotopic (exact) mass is 334 g/mol. The Kier molecular flexibility index (Phi) is 4.77. The van der Waals surface area contributed by atoms with Crippen molar-refractivity contribution in [2.24, 2.45) is 5.92 Å². The lowest BCUT2D eigenvalue weighted by Crippen LogP contribution is -2.32. The molecule has 0 aliphatic carbocycles. The van der Waals surface area contributed by atoms with Gasteiger partial charge in [0.15, 0.2) is 12.1 Å². The molecule has 124 valence electrons. The minimum atomic E-state index is -0.0142. The number of hydrogen-bond acceptors (Lipinski definition) is 6. The number of rotatable bonds is 5. The van der Waals surface area contributed by atoms with Crippen LogP contribution >= 0.6 is 11.3 Å². The van der Waals surface area contributed by atoms with E-state index in [9.17, 15) is 4.79 Å². The van der Waals surface area contributed by atoms with E-state index in [1.807, 2.05) is 10.4 Å². The molecular formula is C16H22N4O2S. The molecule has 23 heavy (non-hydrogen) atoms. The van der Waals surface area contributed by atoms with E-state index in [4.69, 9.17) is 4.42 Å². The Morgan fingerprint density at radius 3 is 2.96 bits per heavy atom. The van der Waals surface area contributed by atoms with Gasteiger partial charge in [0, 0.05) is 31.1 Å². The van der Waals surface area contributed by atoms with Crippen molar-refractivity contribution in [3.8, 4) is 0 Å². The molecule has 1 saturated heterocycles. The first-order chi connectivity index (χ1) is 11.0. The quantitative estimate of drug-likeness (QED) is 0.840. The normalized spacial score (nSPS) is 18.1. The van der Waals surface area contributed by atoms with Gasteiger partial charge in [-0.1, -0.05) is 0 Å². The molecule has 0 bridgehead atoms. The number of oxazole rings is 1. The Bertz CT molecular complexity index is 681. The van der Waals surface area contributed by atoms with Crippen LogP contribution in [-0.2, 0) is 6.54 Å². The largest absolute Gasteiger partial charge is 0.448 e. The Morgan fingerprint density at radius 1 is 1.48 bits per heavy atom. The van der Waals surface area contributed by atoms with Gasteiger partial charge in [0.2, 0.25) is 0 Å². The van der Waals surface area contributed by atoms with Gasteiger partial charge in [0.05, 0.1) is 11.2 Å². The molecule has 3 rings (SSSR count). The van der Waals surface area contributed by atoms with E-state index in [1.54, 1.807) is 18.3 Å². The first-order valence-electron chi connectivity index (χ1n) is 7.81. The predicted octanol–water partition coefficient (Wildman–Crippen LogP) is 2.34. The van der Waals surface area contributed by atoms with Crippen molar-refractivity contribution in [2.75, 3.05) is 26.7 Å². The minimum absolute atomic E-state index is 0.0142. The molecule has 2 aromatic rings. The van der Waals surface area contributed by atoms with E-state index in [-0.39, 0.29) is 5.91 Å². The summed E-state index contributed by atoms with van der Waals surface area (Å²) in [6, 6.07) is 0. The molecule has 1 atom stereocenters. The van der Waals surface area contributed by atoms with Crippen LogP contribution in [0.2, 0.25) is 0 Å².